The molecule has 0 aromatic carbocycles. The number of rotatable bonds is 7. The number of carboxylic acid groups (broad SMARTS) is 1. The topological polar surface area (TPSA) is 77.9 Å². The largest absolute Gasteiger partial charge is 0.481 e. The molecule has 0 unspecified atom stereocenters. The Morgan fingerprint density at radius 3 is 2.37 bits per heavy atom. The van der Waals surface area contributed by atoms with Crippen LogP contribution in [-0.2, 0) is 15.0 Å². The average molecular weight is 292 g/mol. The van der Waals surface area contributed by atoms with E-state index in [4.69, 9.17) is 5.11 Å². The number of carbonyl (C=O) groups is 1. The number of piperidine rings is 1. The minimum atomic E-state index is -3.51. The first-order valence-corrected chi connectivity index (χ1v) is 8.31. The van der Waals surface area contributed by atoms with Crippen LogP contribution in [0.2, 0.25) is 0 Å². The Bertz CT molecular complexity index is 391. The molecule has 1 heterocycles. The Labute approximate surface area is 115 Å². The van der Waals surface area contributed by atoms with Gasteiger partial charge in [-0.2, -0.15) is 17.0 Å². The first kappa shape index (κ1) is 16.4. The highest BCUT2D eigenvalue weighted by Crippen LogP contribution is 2.21. The molecule has 0 aliphatic carbocycles. The molecule has 1 saturated heterocycles. The monoisotopic (exact) mass is 292 g/mol. The summed E-state index contributed by atoms with van der Waals surface area (Å²) in [6.45, 7) is 5.38. The Morgan fingerprint density at radius 1 is 1.32 bits per heavy atom. The van der Waals surface area contributed by atoms with Gasteiger partial charge in [0.15, 0.2) is 0 Å². The Kier molecular flexibility index (Phi) is 6.22. The summed E-state index contributed by atoms with van der Waals surface area (Å²) >= 11 is 0. The van der Waals surface area contributed by atoms with Crippen LogP contribution in [0.3, 0.4) is 0 Å². The van der Waals surface area contributed by atoms with Gasteiger partial charge >= 0.3 is 5.97 Å². The van der Waals surface area contributed by atoms with Crippen LogP contribution in [0.25, 0.3) is 0 Å². The van der Waals surface area contributed by atoms with E-state index in [0.29, 0.717) is 32.5 Å². The molecule has 0 amide bonds. The minimum Gasteiger partial charge on any atom is -0.481 e. The minimum absolute atomic E-state index is 0.0988. The van der Waals surface area contributed by atoms with Crippen LogP contribution < -0.4 is 0 Å². The Morgan fingerprint density at radius 2 is 1.89 bits per heavy atom. The van der Waals surface area contributed by atoms with E-state index >= 15 is 0 Å². The van der Waals surface area contributed by atoms with Crippen molar-refractivity contribution >= 4 is 16.2 Å². The van der Waals surface area contributed by atoms with E-state index in [9.17, 15) is 13.2 Å². The zero-order valence-corrected chi connectivity index (χ0v) is 12.5. The standard InChI is InChI=1S/C12H24N2O4S/c1-3-7-13(8-4-2)19(17,18)14-9-5-6-11(10-14)12(15)16/h11H,3-10H2,1-2H3,(H,15,16)/t11-/m1/s1. The van der Waals surface area contributed by atoms with Crippen LogP contribution in [0.1, 0.15) is 39.5 Å². The van der Waals surface area contributed by atoms with E-state index in [1.54, 1.807) is 0 Å². The molecular weight excluding hydrogens is 268 g/mol. The van der Waals surface area contributed by atoms with Crippen molar-refractivity contribution in [2.24, 2.45) is 5.92 Å². The summed E-state index contributed by atoms with van der Waals surface area (Å²) in [6.07, 6.45) is 2.69. The summed E-state index contributed by atoms with van der Waals surface area (Å²) in [7, 11) is -3.51. The average Bonchev–Trinajstić information content (AvgIpc) is 2.38. The van der Waals surface area contributed by atoms with Crippen molar-refractivity contribution in [2.45, 2.75) is 39.5 Å². The summed E-state index contributed by atoms with van der Waals surface area (Å²) in [6, 6.07) is 0. The van der Waals surface area contributed by atoms with Crippen LogP contribution >= 0.6 is 0 Å². The zero-order chi connectivity index (χ0) is 14.5. The smallest absolute Gasteiger partial charge is 0.307 e. The quantitative estimate of drug-likeness (QED) is 0.763. The number of hydrogen-bond donors (Lipinski definition) is 1. The molecule has 0 aromatic rings. The molecule has 1 fully saturated rings. The summed E-state index contributed by atoms with van der Waals surface area (Å²) in [5.41, 5.74) is 0. The van der Waals surface area contributed by atoms with Gasteiger partial charge in [0.1, 0.15) is 0 Å². The van der Waals surface area contributed by atoms with Crippen LogP contribution in [0.15, 0.2) is 0 Å². The summed E-state index contributed by atoms with van der Waals surface area (Å²) in [4.78, 5) is 11.0. The number of aliphatic carboxylic acids is 1. The SMILES string of the molecule is CCCN(CCC)S(=O)(=O)N1CCC[C@@H](C(=O)O)C1. The lowest BCUT2D eigenvalue weighted by atomic mass is 10.0. The van der Waals surface area contributed by atoms with Gasteiger partial charge in [0.05, 0.1) is 5.92 Å². The molecule has 1 aliphatic heterocycles. The second-order valence-electron chi connectivity index (χ2n) is 4.94. The van der Waals surface area contributed by atoms with Crippen LogP contribution in [-0.4, -0.2) is 54.3 Å². The maximum Gasteiger partial charge on any atom is 0.307 e. The molecule has 0 saturated carbocycles. The summed E-state index contributed by atoms with van der Waals surface area (Å²) < 4.78 is 27.8. The van der Waals surface area contributed by atoms with Gasteiger partial charge < -0.3 is 5.11 Å². The molecule has 1 atom stereocenters. The maximum absolute atomic E-state index is 12.5. The highest BCUT2D eigenvalue weighted by Gasteiger charge is 2.35. The molecule has 6 nitrogen and oxygen atoms in total. The second kappa shape index (κ2) is 7.21. The molecule has 0 aromatic heterocycles. The van der Waals surface area contributed by atoms with Gasteiger partial charge in [0.25, 0.3) is 10.2 Å². The van der Waals surface area contributed by atoms with Gasteiger partial charge in [-0.1, -0.05) is 13.8 Å². The van der Waals surface area contributed by atoms with Gasteiger partial charge in [0, 0.05) is 26.2 Å². The molecule has 0 radical (unpaired) electrons. The predicted molar refractivity (Wildman–Crippen MR) is 73.0 cm³/mol. The zero-order valence-electron chi connectivity index (χ0n) is 11.7. The van der Waals surface area contributed by atoms with E-state index in [-0.39, 0.29) is 6.54 Å². The molecule has 1 rings (SSSR count). The lowest BCUT2D eigenvalue weighted by molar-refractivity contribution is -0.142. The fraction of sp³-hybridized carbons (Fsp3) is 0.917. The van der Waals surface area contributed by atoms with Crippen molar-refractivity contribution in [2.75, 3.05) is 26.2 Å². The van der Waals surface area contributed by atoms with Crippen molar-refractivity contribution < 1.29 is 18.3 Å². The Hall–Kier alpha value is -0.660. The van der Waals surface area contributed by atoms with Gasteiger partial charge in [-0.3, -0.25) is 4.79 Å². The molecule has 1 N–H and O–H groups in total. The molecule has 19 heavy (non-hydrogen) atoms. The summed E-state index contributed by atoms with van der Waals surface area (Å²) in [5.74, 6) is -1.48. The van der Waals surface area contributed by atoms with Gasteiger partial charge in [-0.25, -0.2) is 0 Å². The van der Waals surface area contributed by atoms with Gasteiger partial charge in [-0.05, 0) is 25.7 Å². The van der Waals surface area contributed by atoms with Crippen LogP contribution in [0, 0.1) is 5.92 Å². The van der Waals surface area contributed by atoms with E-state index in [0.717, 1.165) is 12.8 Å². The van der Waals surface area contributed by atoms with Gasteiger partial charge in [-0.15, -0.1) is 0 Å². The highest BCUT2D eigenvalue weighted by molar-refractivity contribution is 7.86. The molecule has 7 heteroatoms. The molecule has 0 bridgehead atoms. The van der Waals surface area contributed by atoms with E-state index in [1.807, 2.05) is 13.8 Å². The normalized spacial score (nSPS) is 21.7. The van der Waals surface area contributed by atoms with Crippen molar-refractivity contribution in [3.8, 4) is 0 Å². The molecular formula is C12H24N2O4S. The second-order valence-corrected chi connectivity index (χ2v) is 6.87. The molecule has 1 aliphatic rings. The fourth-order valence-corrected chi connectivity index (χ4v) is 4.24. The molecule has 112 valence electrons. The van der Waals surface area contributed by atoms with E-state index in [2.05, 4.69) is 0 Å². The number of hydrogen-bond acceptors (Lipinski definition) is 3. The van der Waals surface area contributed by atoms with Gasteiger partial charge in [0.2, 0.25) is 0 Å². The third-order valence-electron chi connectivity index (χ3n) is 3.33. The van der Waals surface area contributed by atoms with Crippen LogP contribution in [0.4, 0.5) is 0 Å². The lowest BCUT2D eigenvalue weighted by Gasteiger charge is -2.34. The maximum atomic E-state index is 12.5. The summed E-state index contributed by atoms with van der Waals surface area (Å²) in [5, 5.41) is 9.03. The van der Waals surface area contributed by atoms with E-state index in [1.165, 1.54) is 8.61 Å². The van der Waals surface area contributed by atoms with Crippen molar-refractivity contribution in [1.29, 1.82) is 0 Å². The lowest BCUT2D eigenvalue weighted by Crippen LogP contribution is -2.49. The first-order chi connectivity index (χ1) is 8.93. The van der Waals surface area contributed by atoms with Crippen molar-refractivity contribution in [3.05, 3.63) is 0 Å². The Balaban J connectivity index is 2.82. The van der Waals surface area contributed by atoms with Crippen LogP contribution in [0.5, 0.6) is 0 Å². The fourth-order valence-electron chi connectivity index (χ4n) is 2.36. The third-order valence-corrected chi connectivity index (χ3v) is 5.33. The highest BCUT2D eigenvalue weighted by atomic mass is 32.2. The van der Waals surface area contributed by atoms with Crippen molar-refractivity contribution in [1.82, 2.24) is 8.61 Å². The molecule has 0 spiro atoms. The van der Waals surface area contributed by atoms with E-state index < -0.39 is 22.1 Å². The number of carboxylic acids is 1. The first-order valence-electron chi connectivity index (χ1n) is 6.91. The van der Waals surface area contributed by atoms with Crippen molar-refractivity contribution in [3.63, 3.8) is 0 Å². The third kappa shape index (κ3) is 4.15. The predicted octanol–water partition coefficient (Wildman–Crippen LogP) is 1.15. The number of nitrogens with zero attached hydrogens (tertiary/aromatic N) is 2.